The maximum atomic E-state index is 12.6. The predicted molar refractivity (Wildman–Crippen MR) is 43.3 cm³/mol. The van der Waals surface area contributed by atoms with Crippen LogP contribution in [0.15, 0.2) is 0 Å². The second kappa shape index (κ2) is 3.62. The number of hydrogen-bond acceptors (Lipinski definition) is 6. The number of hydrogen-bond donors (Lipinski definition) is 1. The molecule has 1 aromatic heterocycles. The summed E-state index contributed by atoms with van der Waals surface area (Å²) in [7, 11) is 1.16. The van der Waals surface area contributed by atoms with Crippen molar-refractivity contribution >= 4 is 11.9 Å². The van der Waals surface area contributed by atoms with Gasteiger partial charge in [-0.2, -0.15) is 25.3 Å². The van der Waals surface area contributed by atoms with Gasteiger partial charge in [-0.1, -0.05) is 4.48 Å². The van der Waals surface area contributed by atoms with Crippen molar-refractivity contribution in [1.82, 2.24) is 15.0 Å². The fraction of sp³-hybridized carbons (Fsp3) is 0.333. The minimum atomic E-state index is -0.134. The standard InChI is InChI=1S/C6H7FN6/c1-4-10-5(9-3-8)12-6(11-4)13(2)7/h1-2H3,(H,9,10,11,12). The van der Waals surface area contributed by atoms with Crippen LogP contribution in [0.2, 0.25) is 0 Å². The van der Waals surface area contributed by atoms with Crippen LogP contribution in [-0.4, -0.2) is 22.0 Å². The number of nitriles is 1. The molecule has 13 heavy (non-hydrogen) atoms. The van der Waals surface area contributed by atoms with E-state index in [1.807, 2.05) is 0 Å². The van der Waals surface area contributed by atoms with Crippen molar-refractivity contribution < 1.29 is 4.48 Å². The molecule has 0 aliphatic heterocycles. The largest absolute Gasteiger partial charge is 0.261 e. The van der Waals surface area contributed by atoms with Crippen LogP contribution in [-0.2, 0) is 0 Å². The van der Waals surface area contributed by atoms with Crippen LogP contribution in [0.1, 0.15) is 5.82 Å². The average Bonchev–Trinajstić information content (AvgIpc) is 2.03. The SMILES string of the molecule is Cc1nc(NC#N)nc(N(C)F)n1. The molecule has 0 unspecified atom stereocenters. The number of aromatic nitrogens is 3. The Labute approximate surface area is 74.0 Å². The molecule has 1 heterocycles. The van der Waals surface area contributed by atoms with Gasteiger partial charge in [-0.25, -0.2) is 0 Å². The van der Waals surface area contributed by atoms with Gasteiger partial charge >= 0.3 is 0 Å². The maximum absolute atomic E-state index is 12.6. The van der Waals surface area contributed by atoms with E-state index in [1.165, 1.54) is 0 Å². The Bertz CT molecular complexity index is 343. The van der Waals surface area contributed by atoms with Gasteiger partial charge in [-0.15, -0.1) is 0 Å². The molecule has 0 bridgehead atoms. The van der Waals surface area contributed by atoms with Gasteiger partial charge < -0.3 is 0 Å². The van der Waals surface area contributed by atoms with E-state index in [0.29, 0.717) is 5.82 Å². The van der Waals surface area contributed by atoms with Crippen molar-refractivity contribution in [2.24, 2.45) is 0 Å². The van der Waals surface area contributed by atoms with Gasteiger partial charge in [0.2, 0.25) is 5.95 Å². The average molecular weight is 182 g/mol. The molecule has 7 heteroatoms. The smallest absolute Gasteiger partial charge is 0.258 e. The Morgan fingerprint density at radius 3 is 2.69 bits per heavy atom. The first-order valence-electron chi connectivity index (χ1n) is 3.41. The van der Waals surface area contributed by atoms with Crippen LogP contribution in [0, 0.1) is 18.4 Å². The minimum Gasteiger partial charge on any atom is -0.261 e. The lowest BCUT2D eigenvalue weighted by Crippen LogP contribution is -2.11. The Hall–Kier alpha value is -1.97. The third-order valence-electron chi connectivity index (χ3n) is 1.18. The topological polar surface area (TPSA) is 77.7 Å². The number of rotatable bonds is 2. The van der Waals surface area contributed by atoms with Gasteiger partial charge in [-0.05, 0) is 6.92 Å². The van der Waals surface area contributed by atoms with E-state index in [1.54, 1.807) is 13.1 Å². The van der Waals surface area contributed by atoms with Crippen molar-refractivity contribution in [3.05, 3.63) is 5.82 Å². The van der Waals surface area contributed by atoms with Crippen molar-refractivity contribution in [2.45, 2.75) is 6.92 Å². The van der Waals surface area contributed by atoms with E-state index in [0.717, 1.165) is 7.05 Å². The van der Waals surface area contributed by atoms with Gasteiger partial charge in [0.1, 0.15) is 5.82 Å². The maximum Gasteiger partial charge on any atom is 0.258 e. The fourth-order valence-electron chi connectivity index (χ4n) is 0.711. The summed E-state index contributed by atoms with van der Waals surface area (Å²) in [6, 6.07) is 0. The van der Waals surface area contributed by atoms with Crippen LogP contribution >= 0.6 is 0 Å². The second-order valence-corrected chi connectivity index (χ2v) is 2.22. The van der Waals surface area contributed by atoms with Gasteiger partial charge in [0.05, 0.1) is 0 Å². The summed E-state index contributed by atoms with van der Waals surface area (Å²) >= 11 is 0. The van der Waals surface area contributed by atoms with E-state index in [-0.39, 0.29) is 17.0 Å². The zero-order chi connectivity index (χ0) is 9.84. The molecule has 1 N–H and O–H groups in total. The Balaban J connectivity index is 3.05. The fourth-order valence-corrected chi connectivity index (χ4v) is 0.711. The normalized spacial score (nSPS) is 9.08. The molecule has 0 spiro atoms. The molecule has 1 rings (SSSR count). The Morgan fingerprint density at radius 1 is 1.46 bits per heavy atom. The molecule has 1 aromatic rings. The summed E-state index contributed by atoms with van der Waals surface area (Å²) in [6.07, 6.45) is 1.63. The van der Waals surface area contributed by atoms with Gasteiger partial charge in [-0.3, -0.25) is 5.32 Å². The highest BCUT2D eigenvalue weighted by molar-refractivity contribution is 5.36. The summed E-state index contributed by atoms with van der Waals surface area (Å²) in [5.74, 6) is 0.243. The highest BCUT2D eigenvalue weighted by atomic mass is 19.2. The Kier molecular flexibility index (Phi) is 2.54. The van der Waals surface area contributed by atoms with Crippen molar-refractivity contribution in [3.63, 3.8) is 0 Å². The monoisotopic (exact) mass is 182 g/mol. The molecule has 0 aliphatic rings. The van der Waals surface area contributed by atoms with E-state index < -0.39 is 0 Å². The molecular formula is C6H7FN6. The third-order valence-corrected chi connectivity index (χ3v) is 1.18. The van der Waals surface area contributed by atoms with Gasteiger partial charge in [0.25, 0.3) is 5.95 Å². The predicted octanol–water partition coefficient (Wildman–Crippen LogP) is 0.394. The van der Waals surface area contributed by atoms with E-state index >= 15 is 0 Å². The van der Waals surface area contributed by atoms with Crippen molar-refractivity contribution in [2.75, 3.05) is 17.5 Å². The molecule has 0 fully saturated rings. The van der Waals surface area contributed by atoms with Crippen molar-refractivity contribution in [3.8, 4) is 6.19 Å². The van der Waals surface area contributed by atoms with Crippen LogP contribution < -0.4 is 10.4 Å². The van der Waals surface area contributed by atoms with E-state index in [4.69, 9.17) is 5.26 Å². The number of nitrogens with one attached hydrogen (secondary N) is 1. The highest BCUT2D eigenvalue weighted by Gasteiger charge is 2.06. The van der Waals surface area contributed by atoms with Crippen LogP contribution in [0.3, 0.4) is 0 Å². The van der Waals surface area contributed by atoms with Crippen molar-refractivity contribution in [1.29, 1.82) is 5.26 Å². The van der Waals surface area contributed by atoms with E-state index in [2.05, 4.69) is 20.3 Å². The molecular weight excluding hydrogens is 175 g/mol. The molecule has 68 valence electrons. The molecule has 0 saturated carbocycles. The molecule has 0 radical (unpaired) electrons. The first-order chi connectivity index (χ1) is 6.13. The zero-order valence-electron chi connectivity index (χ0n) is 7.11. The number of halogens is 1. The lowest BCUT2D eigenvalue weighted by atomic mass is 10.7. The van der Waals surface area contributed by atoms with Crippen LogP contribution in [0.25, 0.3) is 0 Å². The molecule has 0 amide bonds. The summed E-state index contributed by atoms with van der Waals surface area (Å²) in [5.41, 5.74) is 0. The molecule has 0 saturated heterocycles. The lowest BCUT2D eigenvalue weighted by Gasteiger charge is -2.05. The quantitative estimate of drug-likeness (QED) is 0.405. The highest BCUT2D eigenvalue weighted by Crippen LogP contribution is 2.08. The summed E-state index contributed by atoms with van der Waals surface area (Å²) in [6.45, 7) is 1.58. The molecule has 0 atom stereocenters. The molecule has 6 nitrogen and oxygen atoms in total. The summed E-state index contributed by atoms with van der Waals surface area (Å²) in [5, 5.41) is 10.7. The molecule has 0 aliphatic carbocycles. The summed E-state index contributed by atoms with van der Waals surface area (Å²) in [4.78, 5) is 11.1. The third kappa shape index (κ3) is 2.23. The van der Waals surface area contributed by atoms with E-state index in [9.17, 15) is 4.48 Å². The van der Waals surface area contributed by atoms with Crippen LogP contribution in [0.4, 0.5) is 16.4 Å². The minimum absolute atomic E-state index is 0.0366. The second-order valence-electron chi connectivity index (χ2n) is 2.22. The lowest BCUT2D eigenvalue weighted by molar-refractivity contribution is 0.462. The number of nitrogens with zero attached hydrogens (tertiary/aromatic N) is 5. The Morgan fingerprint density at radius 2 is 2.15 bits per heavy atom. The molecule has 0 aromatic carbocycles. The number of anilines is 2. The first kappa shape index (κ1) is 9.12. The zero-order valence-corrected chi connectivity index (χ0v) is 7.11. The van der Waals surface area contributed by atoms with Gasteiger partial charge in [0.15, 0.2) is 6.19 Å². The first-order valence-corrected chi connectivity index (χ1v) is 3.41. The van der Waals surface area contributed by atoms with Gasteiger partial charge in [0, 0.05) is 7.05 Å². The summed E-state index contributed by atoms with van der Waals surface area (Å²) < 4.78 is 12.6. The number of aryl methyl sites for hydroxylation is 1. The van der Waals surface area contributed by atoms with Crippen LogP contribution in [0.5, 0.6) is 0 Å².